The van der Waals surface area contributed by atoms with Crippen LogP contribution in [0.4, 0.5) is 0 Å². The van der Waals surface area contributed by atoms with Crippen LogP contribution in [0.5, 0.6) is 5.75 Å². The van der Waals surface area contributed by atoms with Crippen LogP contribution in [0, 0.1) is 22.5 Å². The lowest BCUT2D eigenvalue weighted by atomic mass is 9.95. The van der Waals surface area contributed by atoms with E-state index in [1.165, 1.54) is 22.9 Å². The average molecular weight is 305 g/mol. The van der Waals surface area contributed by atoms with E-state index in [0.717, 1.165) is 24.5 Å². The molecule has 0 saturated carbocycles. The summed E-state index contributed by atoms with van der Waals surface area (Å²) in [4.78, 5) is 0. The van der Waals surface area contributed by atoms with E-state index in [2.05, 4.69) is 58.2 Å². The van der Waals surface area contributed by atoms with E-state index in [4.69, 9.17) is 10.00 Å². The average Bonchev–Trinajstić information content (AvgIpc) is 2.43. The summed E-state index contributed by atoms with van der Waals surface area (Å²) in [5.74, 6) is 3.40. The fourth-order valence-corrected chi connectivity index (χ4v) is 2.68. The SMILES string of the molecule is CC(C)COc1ccc(CC(C)CSC#N)cc1C(C)C. The zero-order chi connectivity index (χ0) is 15.8. The van der Waals surface area contributed by atoms with Crippen molar-refractivity contribution in [2.45, 2.75) is 47.0 Å². The van der Waals surface area contributed by atoms with Gasteiger partial charge in [-0.15, -0.1) is 0 Å². The largest absolute Gasteiger partial charge is 0.493 e. The van der Waals surface area contributed by atoms with Crippen molar-refractivity contribution in [1.82, 2.24) is 0 Å². The molecule has 0 spiro atoms. The molecule has 0 N–H and O–H groups in total. The molecule has 1 rings (SSSR count). The second-order valence-electron chi connectivity index (χ2n) is 6.44. The Bertz CT molecular complexity index is 477. The molecular formula is C18H27NOS. The first kappa shape index (κ1) is 17.9. The quantitative estimate of drug-likeness (QED) is 0.616. The number of hydrogen-bond donors (Lipinski definition) is 0. The third-order valence-corrected chi connectivity index (χ3v) is 4.15. The summed E-state index contributed by atoms with van der Waals surface area (Å²) in [5.41, 5.74) is 2.62. The lowest BCUT2D eigenvalue weighted by Crippen LogP contribution is -2.08. The number of benzene rings is 1. The summed E-state index contributed by atoms with van der Waals surface area (Å²) in [6.07, 6.45) is 1.01. The minimum absolute atomic E-state index is 0.455. The van der Waals surface area contributed by atoms with Crippen LogP contribution >= 0.6 is 11.8 Å². The number of hydrogen-bond acceptors (Lipinski definition) is 3. The van der Waals surface area contributed by atoms with Gasteiger partial charge in [-0.2, -0.15) is 5.26 Å². The first-order valence-electron chi connectivity index (χ1n) is 7.70. The van der Waals surface area contributed by atoms with E-state index in [9.17, 15) is 0 Å². The number of rotatable bonds is 8. The lowest BCUT2D eigenvalue weighted by Gasteiger charge is -2.18. The predicted molar refractivity (Wildman–Crippen MR) is 91.8 cm³/mol. The highest BCUT2D eigenvalue weighted by atomic mass is 32.2. The number of ether oxygens (including phenoxy) is 1. The van der Waals surface area contributed by atoms with Gasteiger partial charge < -0.3 is 4.74 Å². The fourth-order valence-electron chi connectivity index (χ4n) is 2.20. The van der Waals surface area contributed by atoms with Gasteiger partial charge in [-0.1, -0.05) is 46.8 Å². The molecule has 0 saturated heterocycles. The lowest BCUT2D eigenvalue weighted by molar-refractivity contribution is 0.267. The highest BCUT2D eigenvalue weighted by Crippen LogP contribution is 2.29. The van der Waals surface area contributed by atoms with Crippen LogP contribution in [0.2, 0.25) is 0 Å². The second kappa shape index (κ2) is 9.00. The monoisotopic (exact) mass is 305 g/mol. The molecule has 0 amide bonds. The van der Waals surface area contributed by atoms with Gasteiger partial charge in [-0.05, 0) is 53.1 Å². The fraction of sp³-hybridized carbons (Fsp3) is 0.611. The summed E-state index contributed by atoms with van der Waals surface area (Å²) < 4.78 is 5.94. The van der Waals surface area contributed by atoms with E-state index in [1.54, 1.807) is 0 Å². The van der Waals surface area contributed by atoms with E-state index in [0.29, 0.717) is 17.8 Å². The number of nitrogens with zero attached hydrogens (tertiary/aromatic N) is 1. The smallest absolute Gasteiger partial charge is 0.133 e. The summed E-state index contributed by atoms with van der Waals surface area (Å²) in [5, 5.41) is 10.8. The van der Waals surface area contributed by atoms with Gasteiger partial charge in [0, 0.05) is 5.75 Å². The van der Waals surface area contributed by atoms with E-state index in [-0.39, 0.29) is 0 Å². The van der Waals surface area contributed by atoms with Crippen LogP contribution in [-0.4, -0.2) is 12.4 Å². The number of thioether (sulfide) groups is 1. The van der Waals surface area contributed by atoms with Crippen LogP contribution in [-0.2, 0) is 6.42 Å². The van der Waals surface area contributed by atoms with Crippen molar-refractivity contribution < 1.29 is 4.74 Å². The van der Waals surface area contributed by atoms with Crippen LogP contribution in [0.25, 0.3) is 0 Å². The zero-order valence-electron chi connectivity index (χ0n) is 13.8. The van der Waals surface area contributed by atoms with Crippen molar-refractivity contribution in [3.8, 4) is 11.2 Å². The molecule has 0 aliphatic rings. The van der Waals surface area contributed by atoms with E-state index < -0.39 is 0 Å². The Kier molecular flexibility index (Phi) is 7.67. The maximum atomic E-state index is 8.63. The molecule has 1 unspecified atom stereocenters. The molecule has 0 fully saturated rings. The Morgan fingerprint density at radius 1 is 1.19 bits per heavy atom. The van der Waals surface area contributed by atoms with Gasteiger partial charge >= 0.3 is 0 Å². The van der Waals surface area contributed by atoms with Crippen molar-refractivity contribution in [2.24, 2.45) is 11.8 Å². The molecule has 1 atom stereocenters. The minimum Gasteiger partial charge on any atom is -0.493 e. The Morgan fingerprint density at radius 2 is 1.90 bits per heavy atom. The van der Waals surface area contributed by atoms with Crippen molar-refractivity contribution in [1.29, 1.82) is 5.26 Å². The second-order valence-corrected chi connectivity index (χ2v) is 7.25. The topological polar surface area (TPSA) is 33.0 Å². The van der Waals surface area contributed by atoms with Gasteiger partial charge in [-0.25, -0.2) is 0 Å². The first-order chi connectivity index (χ1) is 9.93. The molecule has 0 aliphatic heterocycles. The molecule has 0 aliphatic carbocycles. The van der Waals surface area contributed by atoms with Crippen LogP contribution in [0.15, 0.2) is 18.2 Å². The van der Waals surface area contributed by atoms with E-state index in [1.807, 2.05) is 0 Å². The minimum atomic E-state index is 0.455. The van der Waals surface area contributed by atoms with E-state index >= 15 is 0 Å². The Labute approximate surface area is 133 Å². The zero-order valence-corrected chi connectivity index (χ0v) is 14.7. The maximum Gasteiger partial charge on any atom is 0.133 e. The Morgan fingerprint density at radius 3 is 2.48 bits per heavy atom. The Balaban J connectivity index is 2.80. The number of thiocyanates is 1. The van der Waals surface area contributed by atoms with Crippen molar-refractivity contribution in [3.63, 3.8) is 0 Å². The Hall–Kier alpha value is -1.14. The first-order valence-corrected chi connectivity index (χ1v) is 8.69. The summed E-state index contributed by atoms with van der Waals surface area (Å²) in [7, 11) is 0. The van der Waals surface area contributed by atoms with Gasteiger partial charge in [-0.3, -0.25) is 0 Å². The third kappa shape index (κ3) is 6.44. The molecule has 0 heterocycles. The van der Waals surface area contributed by atoms with Gasteiger partial charge in [0.1, 0.15) is 11.2 Å². The highest BCUT2D eigenvalue weighted by Gasteiger charge is 2.11. The predicted octanol–water partition coefficient (Wildman–Crippen LogP) is 5.24. The normalized spacial score (nSPS) is 12.5. The number of nitriles is 1. The summed E-state index contributed by atoms with van der Waals surface area (Å²) >= 11 is 1.34. The van der Waals surface area contributed by atoms with Crippen LogP contribution < -0.4 is 4.74 Å². The summed E-state index contributed by atoms with van der Waals surface area (Å²) in [6, 6.07) is 6.54. The van der Waals surface area contributed by atoms with Gasteiger partial charge in [0.15, 0.2) is 0 Å². The van der Waals surface area contributed by atoms with Crippen molar-refractivity contribution >= 4 is 11.8 Å². The standard InChI is InChI=1S/C18H27NOS/c1-13(2)10-20-18-7-6-16(9-17(18)14(3)4)8-15(5)11-21-12-19/h6-7,9,13-15H,8,10-11H2,1-5H3. The summed E-state index contributed by atoms with van der Waals surface area (Å²) in [6.45, 7) is 11.7. The van der Waals surface area contributed by atoms with Gasteiger partial charge in [0.05, 0.1) is 6.61 Å². The molecule has 1 aromatic carbocycles. The van der Waals surface area contributed by atoms with Crippen LogP contribution in [0.1, 0.15) is 51.7 Å². The molecule has 21 heavy (non-hydrogen) atoms. The maximum absolute atomic E-state index is 8.63. The van der Waals surface area contributed by atoms with Gasteiger partial charge in [0.25, 0.3) is 0 Å². The molecule has 0 aromatic heterocycles. The van der Waals surface area contributed by atoms with Crippen molar-refractivity contribution in [2.75, 3.05) is 12.4 Å². The van der Waals surface area contributed by atoms with Crippen LogP contribution in [0.3, 0.4) is 0 Å². The van der Waals surface area contributed by atoms with Gasteiger partial charge in [0.2, 0.25) is 0 Å². The molecule has 116 valence electrons. The molecule has 0 radical (unpaired) electrons. The highest BCUT2D eigenvalue weighted by molar-refractivity contribution is 8.03. The molecule has 0 bridgehead atoms. The molecule has 1 aromatic rings. The molecule has 2 nitrogen and oxygen atoms in total. The molecule has 3 heteroatoms. The molecular weight excluding hydrogens is 278 g/mol. The third-order valence-electron chi connectivity index (χ3n) is 3.28. The van der Waals surface area contributed by atoms with Crippen molar-refractivity contribution in [3.05, 3.63) is 29.3 Å².